The molecule has 0 radical (unpaired) electrons. The number of hydrogen-bond donors (Lipinski definition) is 3. The molecule has 0 bridgehead atoms. The lowest BCUT2D eigenvalue weighted by Gasteiger charge is -2.24. The quantitative estimate of drug-likeness (QED) is 0.500. The predicted molar refractivity (Wildman–Crippen MR) is 60.6 cm³/mol. The molecule has 17 heavy (non-hydrogen) atoms. The summed E-state index contributed by atoms with van der Waals surface area (Å²) in [6.07, 6.45) is -1.11. The average Bonchev–Trinajstić information content (AvgIpc) is 2.28. The number of nitrogens with one attached hydrogen (secondary N) is 1. The van der Waals surface area contributed by atoms with E-state index < -0.39 is 13.0 Å². The summed E-state index contributed by atoms with van der Waals surface area (Å²) in [4.78, 5) is 5.13. The van der Waals surface area contributed by atoms with E-state index in [1.54, 1.807) is 12.1 Å². The molecule has 1 aromatic heterocycles. The summed E-state index contributed by atoms with van der Waals surface area (Å²) < 4.78 is 24.8. The van der Waals surface area contributed by atoms with Crippen LogP contribution in [0.1, 0.15) is 5.69 Å². The lowest BCUT2D eigenvalue weighted by molar-refractivity contribution is 0.153. The molecule has 0 saturated carbocycles. The number of aliphatic hydroxyl groups is 1. The highest BCUT2D eigenvalue weighted by molar-refractivity contribution is 5.98. The topological polar surface area (TPSA) is 86.2 Å². The van der Waals surface area contributed by atoms with Crippen LogP contribution in [0.25, 0.3) is 0 Å². The summed E-state index contributed by atoms with van der Waals surface area (Å²) in [5.74, 6) is -0.294. The minimum Gasteiger partial charge on any atom is -0.395 e. The minimum absolute atomic E-state index is 0.0380. The molecule has 0 spiro atoms. The third kappa shape index (κ3) is 3.63. The van der Waals surface area contributed by atoms with Crippen LogP contribution in [0.2, 0.25) is 0 Å². The van der Waals surface area contributed by atoms with Crippen molar-refractivity contribution in [2.24, 2.45) is 5.73 Å². The number of amidine groups is 1. The maximum absolute atomic E-state index is 12.4. The Hall–Kier alpha value is -1.76. The van der Waals surface area contributed by atoms with Gasteiger partial charge in [0.1, 0.15) is 11.5 Å². The fourth-order valence-corrected chi connectivity index (χ4v) is 1.46. The van der Waals surface area contributed by atoms with Gasteiger partial charge in [-0.3, -0.25) is 10.4 Å². The second-order valence-electron chi connectivity index (χ2n) is 3.35. The Kier molecular flexibility index (Phi) is 4.77. The Morgan fingerprint density at radius 1 is 1.59 bits per heavy atom. The Balaban J connectivity index is 3.04. The number of aromatic nitrogens is 1. The maximum Gasteiger partial charge on any atom is 0.255 e. The summed E-state index contributed by atoms with van der Waals surface area (Å²) >= 11 is 0. The molecule has 7 heteroatoms. The highest BCUT2D eigenvalue weighted by atomic mass is 19.3. The second-order valence-corrected chi connectivity index (χ2v) is 3.35. The molecule has 0 unspecified atom stereocenters. The van der Waals surface area contributed by atoms with Gasteiger partial charge < -0.3 is 15.7 Å². The Bertz CT molecular complexity index is 386. The first-order valence-electron chi connectivity index (χ1n) is 4.99. The fraction of sp³-hybridized carbons (Fsp3) is 0.400. The zero-order chi connectivity index (χ0) is 12.8. The molecule has 1 aromatic rings. The molecule has 5 nitrogen and oxygen atoms in total. The van der Waals surface area contributed by atoms with Gasteiger partial charge in [-0.05, 0) is 12.1 Å². The zero-order valence-electron chi connectivity index (χ0n) is 9.11. The highest BCUT2D eigenvalue weighted by Gasteiger charge is 2.17. The largest absolute Gasteiger partial charge is 0.395 e. The number of anilines is 1. The summed E-state index contributed by atoms with van der Waals surface area (Å²) in [5, 5.41) is 16.2. The van der Waals surface area contributed by atoms with Crippen molar-refractivity contribution in [3.8, 4) is 0 Å². The number of hydrogen-bond acceptors (Lipinski definition) is 4. The molecule has 0 aromatic carbocycles. The van der Waals surface area contributed by atoms with Gasteiger partial charge in [-0.25, -0.2) is 8.78 Å². The monoisotopic (exact) mass is 244 g/mol. The van der Waals surface area contributed by atoms with E-state index in [1.165, 1.54) is 11.1 Å². The lowest BCUT2D eigenvalue weighted by atomic mass is 10.2. The van der Waals surface area contributed by atoms with Crippen LogP contribution in [-0.4, -0.2) is 42.0 Å². The predicted octanol–water partition coefficient (Wildman–Crippen LogP) is 0.429. The van der Waals surface area contributed by atoms with Crippen molar-refractivity contribution in [3.05, 3.63) is 24.0 Å². The first-order chi connectivity index (χ1) is 8.06. The van der Waals surface area contributed by atoms with Crippen LogP contribution >= 0.6 is 0 Å². The van der Waals surface area contributed by atoms with Crippen LogP contribution in [0.4, 0.5) is 14.5 Å². The second kappa shape index (κ2) is 6.09. The molecule has 0 fully saturated rings. The molecule has 0 aliphatic heterocycles. The molecule has 1 heterocycles. The van der Waals surface area contributed by atoms with Crippen molar-refractivity contribution in [1.82, 2.24) is 4.98 Å². The fourth-order valence-electron chi connectivity index (χ4n) is 1.46. The van der Waals surface area contributed by atoms with Gasteiger partial charge in [-0.2, -0.15) is 0 Å². The summed E-state index contributed by atoms with van der Waals surface area (Å²) in [5.41, 5.74) is 5.79. The molecule has 94 valence electrons. The third-order valence-electron chi connectivity index (χ3n) is 2.11. The standard InChI is InChI=1S/C10H14F2N4O/c11-8(12)6-16(4-5-17)7-2-1-3-15-9(7)10(13)14/h1-3,8,17H,4-6H2,(H3,13,14). The van der Waals surface area contributed by atoms with Crippen LogP contribution in [0, 0.1) is 5.41 Å². The molecule has 1 rings (SSSR count). The van der Waals surface area contributed by atoms with Crippen molar-refractivity contribution in [2.45, 2.75) is 6.43 Å². The van der Waals surface area contributed by atoms with Crippen LogP contribution in [0.3, 0.4) is 0 Å². The van der Waals surface area contributed by atoms with Gasteiger partial charge in [0.25, 0.3) is 6.43 Å². The highest BCUT2D eigenvalue weighted by Crippen LogP contribution is 2.18. The third-order valence-corrected chi connectivity index (χ3v) is 2.11. The first-order valence-corrected chi connectivity index (χ1v) is 4.99. The number of nitrogen functional groups attached to an aromatic ring is 1. The maximum atomic E-state index is 12.4. The Morgan fingerprint density at radius 2 is 2.29 bits per heavy atom. The first kappa shape index (κ1) is 13.3. The summed E-state index contributed by atoms with van der Waals surface area (Å²) in [6.45, 7) is -0.762. The normalized spacial score (nSPS) is 10.6. The lowest BCUT2D eigenvalue weighted by Crippen LogP contribution is -2.33. The van der Waals surface area contributed by atoms with Crippen molar-refractivity contribution in [3.63, 3.8) is 0 Å². The summed E-state index contributed by atoms with van der Waals surface area (Å²) in [7, 11) is 0. The molecule has 0 saturated heterocycles. The smallest absolute Gasteiger partial charge is 0.255 e. The molecule has 0 atom stereocenters. The minimum atomic E-state index is -2.54. The molecular formula is C10H14F2N4O. The van der Waals surface area contributed by atoms with Crippen LogP contribution in [-0.2, 0) is 0 Å². The SMILES string of the molecule is N=C(N)c1ncccc1N(CCO)CC(F)F. The van der Waals surface area contributed by atoms with E-state index in [9.17, 15) is 8.78 Å². The number of alkyl halides is 2. The van der Waals surface area contributed by atoms with E-state index in [-0.39, 0.29) is 24.7 Å². The van der Waals surface area contributed by atoms with Gasteiger partial charge in [0.15, 0.2) is 0 Å². The number of nitrogens with zero attached hydrogens (tertiary/aromatic N) is 2. The number of nitrogens with two attached hydrogens (primary N) is 1. The van der Waals surface area contributed by atoms with Crippen molar-refractivity contribution >= 4 is 11.5 Å². The number of aliphatic hydroxyl groups excluding tert-OH is 1. The van der Waals surface area contributed by atoms with Crippen LogP contribution in [0.15, 0.2) is 18.3 Å². The average molecular weight is 244 g/mol. The van der Waals surface area contributed by atoms with E-state index in [4.69, 9.17) is 16.2 Å². The van der Waals surface area contributed by atoms with Gasteiger partial charge in [-0.15, -0.1) is 0 Å². The number of rotatable bonds is 6. The van der Waals surface area contributed by atoms with E-state index >= 15 is 0 Å². The molecule has 4 N–H and O–H groups in total. The van der Waals surface area contributed by atoms with E-state index in [0.29, 0.717) is 5.69 Å². The van der Waals surface area contributed by atoms with Crippen LogP contribution in [0.5, 0.6) is 0 Å². The molecule has 0 aliphatic rings. The Morgan fingerprint density at radius 3 is 2.82 bits per heavy atom. The van der Waals surface area contributed by atoms with Gasteiger partial charge in [-0.1, -0.05) is 0 Å². The van der Waals surface area contributed by atoms with Crippen molar-refractivity contribution in [2.75, 3.05) is 24.6 Å². The number of halogens is 2. The molecular weight excluding hydrogens is 230 g/mol. The van der Waals surface area contributed by atoms with E-state index in [2.05, 4.69) is 4.98 Å². The zero-order valence-corrected chi connectivity index (χ0v) is 9.11. The van der Waals surface area contributed by atoms with E-state index in [0.717, 1.165) is 0 Å². The van der Waals surface area contributed by atoms with Crippen LogP contribution < -0.4 is 10.6 Å². The number of pyridine rings is 1. The van der Waals surface area contributed by atoms with Gasteiger partial charge in [0, 0.05) is 12.7 Å². The van der Waals surface area contributed by atoms with Gasteiger partial charge >= 0.3 is 0 Å². The Labute approximate surface area is 97.4 Å². The molecule has 0 aliphatic carbocycles. The summed E-state index contributed by atoms with van der Waals surface area (Å²) in [6, 6.07) is 3.11. The van der Waals surface area contributed by atoms with E-state index in [1.807, 2.05) is 0 Å². The van der Waals surface area contributed by atoms with Gasteiger partial charge in [0.2, 0.25) is 0 Å². The molecule has 0 amide bonds. The van der Waals surface area contributed by atoms with Crippen molar-refractivity contribution in [1.29, 1.82) is 5.41 Å². The van der Waals surface area contributed by atoms with Crippen molar-refractivity contribution < 1.29 is 13.9 Å². The van der Waals surface area contributed by atoms with Gasteiger partial charge in [0.05, 0.1) is 18.8 Å².